The van der Waals surface area contributed by atoms with Gasteiger partial charge in [0.05, 0.1) is 0 Å². The molecule has 0 bridgehead atoms. The van der Waals surface area contributed by atoms with Crippen LogP contribution in [0.5, 0.6) is 0 Å². The topological polar surface area (TPSA) is 26.0 Å². The number of rotatable bonds is 0. The molecule has 0 aliphatic heterocycles. The fraction of sp³-hybridized carbons (Fsp3) is 1.00. The van der Waals surface area contributed by atoms with E-state index in [1.165, 1.54) is 0 Å². The molecule has 0 heterocycles. The second-order valence-corrected chi connectivity index (χ2v) is 12.5. The van der Waals surface area contributed by atoms with E-state index in [0.717, 1.165) is 0 Å². The molecule has 6 heavy (non-hydrogen) atoms. The van der Waals surface area contributed by atoms with Crippen molar-refractivity contribution in [3.63, 3.8) is 0 Å². The van der Waals surface area contributed by atoms with Gasteiger partial charge in [0, 0.05) is 0 Å². The van der Waals surface area contributed by atoms with Crippen LogP contribution in [0, 0.1) is 0 Å². The second-order valence-electron chi connectivity index (χ2n) is 1.90. The number of nitrogens with two attached hydrogens (primary N) is 1. The molecule has 0 unspecified atom stereocenters. The Morgan fingerprint density at radius 1 is 1.33 bits per heavy atom. The summed E-state index contributed by atoms with van der Waals surface area (Å²) in [6, 6.07) is 0. The normalized spacial score (nSPS) is 19.2. The van der Waals surface area contributed by atoms with Crippen LogP contribution >= 0.6 is 27.9 Å². The maximum atomic E-state index is 5.46. The van der Waals surface area contributed by atoms with Gasteiger partial charge in [-0.3, -0.25) is 0 Å². The van der Waals surface area contributed by atoms with Crippen LogP contribution in [0.3, 0.4) is 0 Å². The molecule has 0 aromatic heterocycles. The summed E-state index contributed by atoms with van der Waals surface area (Å²) in [5, 5.41) is 0. The van der Waals surface area contributed by atoms with E-state index in [4.69, 9.17) is 28.0 Å². The summed E-state index contributed by atoms with van der Waals surface area (Å²) < 4.78 is 0. The van der Waals surface area contributed by atoms with Crippen molar-refractivity contribution in [3.05, 3.63) is 0 Å². The van der Waals surface area contributed by atoms with E-state index in [9.17, 15) is 0 Å². The van der Waals surface area contributed by atoms with E-state index in [0.29, 0.717) is 0 Å². The van der Waals surface area contributed by atoms with E-state index in [1.807, 2.05) is 0 Å². The molecule has 0 amide bonds. The first-order valence-corrected chi connectivity index (χ1v) is 6.50. The van der Waals surface area contributed by atoms with Gasteiger partial charge in [0.2, 0.25) is 0 Å². The van der Waals surface area contributed by atoms with E-state index in [1.54, 1.807) is 13.3 Å². The average molecular weight is 148 g/mol. The van der Waals surface area contributed by atoms with Gasteiger partial charge in [-0.25, -0.2) is 0 Å². The Morgan fingerprint density at radius 2 is 1.33 bits per heavy atom. The molecule has 4 heteroatoms. The fourth-order valence-electron chi connectivity index (χ4n) is 0. The van der Waals surface area contributed by atoms with Gasteiger partial charge in [-0.1, -0.05) is 0 Å². The zero-order valence-electron chi connectivity index (χ0n) is 3.78. The average Bonchev–Trinajstić information content (AvgIpc) is 0.650. The summed E-state index contributed by atoms with van der Waals surface area (Å²) in [7, 11) is 0. The van der Waals surface area contributed by atoms with Crippen molar-refractivity contribution in [2.24, 2.45) is 5.50 Å². The Bertz CT molecular complexity index is 44.7. The molecule has 0 aromatic carbocycles. The summed E-state index contributed by atoms with van der Waals surface area (Å²) in [4.78, 5) is 0. The van der Waals surface area contributed by atoms with Gasteiger partial charge in [-0.15, -0.1) is 0 Å². The third-order valence-corrected chi connectivity index (χ3v) is 0. The standard InChI is InChI=1S/C2H8Cl2NP/c1-6(2,3,4)5/h5H2,1-2H3. The Hall–Kier alpha value is 0.970. The van der Waals surface area contributed by atoms with Gasteiger partial charge in [-0.2, -0.15) is 0 Å². The molecule has 0 rings (SSSR count). The molecule has 1 nitrogen and oxygen atoms in total. The van der Waals surface area contributed by atoms with Crippen LogP contribution in [0.2, 0.25) is 0 Å². The fourth-order valence-corrected chi connectivity index (χ4v) is 0. The predicted octanol–water partition coefficient (Wildman–Crippen LogP) is 1.98. The third kappa shape index (κ3) is 83.3. The summed E-state index contributed by atoms with van der Waals surface area (Å²) in [6.07, 6.45) is 0. The summed E-state index contributed by atoms with van der Waals surface area (Å²) in [6.45, 7) is 3.30. The molecule has 0 aliphatic carbocycles. The van der Waals surface area contributed by atoms with Crippen LogP contribution in [0.25, 0.3) is 0 Å². The summed E-state index contributed by atoms with van der Waals surface area (Å²) >= 11 is 10.9. The number of hydrogen-bond donors (Lipinski definition) is 1. The monoisotopic (exact) mass is 147 g/mol. The van der Waals surface area contributed by atoms with Gasteiger partial charge in [0.15, 0.2) is 0 Å². The van der Waals surface area contributed by atoms with Crippen molar-refractivity contribution in [3.8, 4) is 0 Å². The van der Waals surface area contributed by atoms with E-state index in [2.05, 4.69) is 0 Å². The first-order chi connectivity index (χ1) is 2.24. The predicted molar refractivity (Wildman–Crippen MR) is 34.7 cm³/mol. The molecule has 0 saturated heterocycles. The van der Waals surface area contributed by atoms with Gasteiger partial charge < -0.3 is 0 Å². The van der Waals surface area contributed by atoms with Crippen LogP contribution in [0.15, 0.2) is 0 Å². The van der Waals surface area contributed by atoms with Crippen LogP contribution in [0.4, 0.5) is 0 Å². The van der Waals surface area contributed by atoms with Gasteiger partial charge in [-0.05, 0) is 0 Å². The van der Waals surface area contributed by atoms with Crippen LogP contribution in [0.1, 0.15) is 0 Å². The molecule has 0 atom stereocenters. The van der Waals surface area contributed by atoms with Crippen molar-refractivity contribution in [2.75, 3.05) is 13.3 Å². The molecular formula is C2H8Cl2NP. The van der Waals surface area contributed by atoms with Crippen LogP contribution in [-0.4, -0.2) is 13.3 Å². The quantitative estimate of drug-likeness (QED) is 0.522. The Balaban J connectivity index is 3.73. The summed E-state index contributed by atoms with van der Waals surface area (Å²) in [5.41, 5.74) is 2.65. The first-order valence-electron chi connectivity index (χ1n) is 1.49. The summed E-state index contributed by atoms with van der Waals surface area (Å²) in [5.74, 6) is 0. The van der Waals surface area contributed by atoms with Crippen molar-refractivity contribution in [2.45, 2.75) is 0 Å². The molecular weight excluding hydrogens is 140 g/mol. The van der Waals surface area contributed by atoms with Gasteiger partial charge >= 0.3 is 46.8 Å². The van der Waals surface area contributed by atoms with Crippen molar-refractivity contribution in [1.29, 1.82) is 0 Å². The zero-order chi connectivity index (χ0) is 5.45. The second kappa shape index (κ2) is 1.23. The SMILES string of the molecule is CP(C)(N)(Cl)Cl. The van der Waals surface area contributed by atoms with E-state index < -0.39 is 5.46 Å². The molecule has 40 valence electrons. The maximum absolute atomic E-state index is 5.46. The van der Waals surface area contributed by atoms with E-state index in [-0.39, 0.29) is 0 Å². The first kappa shape index (κ1) is 6.97. The molecule has 0 aliphatic rings. The van der Waals surface area contributed by atoms with Gasteiger partial charge in [0.1, 0.15) is 0 Å². The van der Waals surface area contributed by atoms with Crippen LogP contribution in [-0.2, 0) is 0 Å². The van der Waals surface area contributed by atoms with E-state index >= 15 is 0 Å². The van der Waals surface area contributed by atoms with Crippen LogP contribution < -0.4 is 5.50 Å². The Morgan fingerprint density at radius 3 is 1.33 bits per heavy atom. The van der Waals surface area contributed by atoms with Crippen molar-refractivity contribution < 1.29 is 0 Å². The molecule has 0 spiro atoms. The molecule has 0 radical (unpaired) electrons. The minimum absolute atomic E-state index is 1.65. The minimum atomic E-state index is -2.61. The number of halogens is 2. The zero-order valence-corrected chi connectivity index (χ0v) is 6.19. The Kier molecular flexibility index (Phi) is 1.42. The Labute approximate surface area is 47.4 Å². The molecule has 2 N–H and O–H groups in total. The third-order valence-electron chi connectivity index (χ3n) is 0. The molecule has 0 fully saturated rings. The molecule has 0 aromatic rings. The van der Waals surface area contributed by atoms with Crippen molar-refractivity contribution in [1.82, 2.24) is 0 Å². The van der Waals surface area contributed by atoms with Gasteiger partial charge in [0.25, 0.3) is 0 Å². The number of hydrogen-bond acceptors (Lipinski definition) is 1. The molecule has 0 saturated carbocycles. The van der Waals surface area contributed by atoms with Crippen molar-refractivity contribution >= 4 is 27.9 Å².